The molecule has 2 aliphatic rings. The summed E-state index contributed by atoms with van der Waals surface area (Å²) in [7, 11) is 0. The average Bonchev–Trinajstić information content (AvgIpc) is 3.41. The van der Waals surface area contributed by atoms with Crippen molar-refractivity contribution in [3.05, 3.63) is 30.1 Å². The Kier molecular flexibility index (Phi) is 4.73. The Labute approximate surface area is 141 Å². The number of carbonyl (C=O) groups is 2. The topological polar surface area (TPSA) is 52.7 Å². The van der Waals surface area contributed by atoms with E-state index in [1.54, 1.807) is 17.0 Å². The predicted octanol–water partition coefficient (Wildman–Crippen LogP) is 1.78. The van der Waals surface area contributed by atoms with E-state index in [1.165, 1.54) is 6.07 Å². The van der Waals surface area contributed by atoms with Gasteiger partial charge in [0.1, 0.15) is 11.2 Å². The van der Waals surface area contributed by atoms with E-state index in [1.807, 2.05) is 17.9 Å². The van der Waals surface area contributed by atoms with Crippen LogP contribution in [0.3, 0.4) is 0 Å². The van der Waals surface area contributed by atoms with E-state index in [0.717, 1.165) is 6.42 Å². The van der Waals surface area contributed by atoms with Gasteiger partial charge in [0, 0.05) is 32.7 Å². The maximum atomic E-state index is 13.9. The molecule has 3 rings (SSSR count). The summed E-state index contributed by atoms with van der Waals surface area (Å²) in [6.45, 7) is 4.81. The molecule has 1 aliphatic carbocycles. The molecule has 0 aromatic heterocycles. The predicted molar refractivity (Wildman–Crippen MR) is 90.2 cm³/mol. The number of nitrogens with zero attached hydrogens (tertiary/aromatic N) is 2. The van der Waals surface area contributed by atoms with Crippen LogP contribution in [0.5, 0.6) is 0 Å². The second-order valence-electron chi connectivity index (χ2n) is 6.57. The number of nitrogens with one attached hydrogen (secondary N) is 1. The highest BCUT2D eigenvalue weighted by atomic mass is 19.1. The van der Waals surface area contributed by atoms with Gasteiger partial charge in [-0.1, -0.05) is 19.1 Å². The third-order valence-electron chi connectivity index (χ3n) is 4.89. The van der Waals surface area contributed by atoms with Gasteiger partial charge in [-0.05, 0) is 31.4 Å². The van der Waals surface area contributed by atoms with Crippen LogP contribution in [0, 0.1) is 11.2 Å². The Bertz CT molecular complexity index is 622. The molecule has 0 atom stereocenters. The van der Waals surface area contributed by atoms with Crippen LogP contribution in [0.25, 0.3) is 0 Å². The van der Waals surface area contributed by atoms with Gasteiger partial charge in [-0.25, -0.2) is 4.39 Å². The number of hydrogen-bond acceptors (Lipinski definition) is 3. The molecule has 2 amide bonds. The Morgan fingerprint density at radius 1 is 1.17 bits per heavy atom. The number of rotatable bonds is 5. The molecule has 2 fully saturated rings. The van der Waals surface area contributed by atoms with Crippen LogP contribution >= 0.6 is 0 Å². The summed E-state index contributed by atoms with van der Waals surface area (Å²) < 4.78 is 13.9. The zero-order valence-electron chi connectivity index (χ0n) is 14.1. The van der Waals surface area contributed by atoms with E-state index < -0.39 is 5.41 Å². The molecule has 1 aromatic carbocycles. The standard InChI is InChI=1S/C18H24FN3O2/c1-2-9-20-16(23)18(7-8-18)17(24)22-12-10-21(11-13-22)15-6-4-3-5-14(15)19/h3-6H,2,7-13H2,1H3,(H,20,23). The molecule has 0 radical (unpaired) electrons. The first kappa shape index (κ1) is 16.7. The fraction of sp³-hybridized carbons (Fsp3) is 0.556. The van der Waals surface area contributed by atoms with Crippen molar-refractivity contribution >= 4 is 17.5 Å². The summed E-state index contributed by atoms with van der Waals surface area (Å²) in [6.07, 6.45) is 2.13. The SMILES string of the molecule is CCCNC(=O)C1(C(=O)N2CCN(c3ccccc3F)CC2)CC1. The smallest absolute Gasteiger partial charge is 0.238 e. The fourth-order valence-electron chi connectivity index (χ4n) is 3.23. The lowest BCUT2D eigenvalue weighted by Crippen LogP contribution is -2.53. The molecule has 5 nitrogen and oxygen atoms in total. The van der Waals surface area contributed by atoms with Gasteiger partial charge in [0.15, 0.2) is 0 Å². The van der Waals surface area contributed by atoms with Crippen LogP contribution in [0.4, 0.5) is 10.1 Å². The van der Waals surface area contributed by atoms with Crippen LogP contribution in [0.2, 0.25) is 0 Å². The number of halogens is 1. The lowest BCUT2D eigenvalue weighted by atomic mass is 10.0. The van der Waals surface area contributed by atoms with E-state index >= 15 is 0 Å². The molecular formula is C18H24FN3O2. The molecule has 1 N–H and O–H groups in total. The van der Waals surface area contributed by atoms with E-state index in [4.69, 9.17) is 0 Å². The first-order valence-electron chi connectivity index (χ1n) is 8.65. The van der Waals surface area contributed by atoms with Crippen LogP contribution in [-0.4, -0.2) is 49.4 Å². The zero-order valence-corrected chi connectivity index (χ0v) is 14.1. The summed E-state index contributed by atoms with van der Waals surface area (Å²) >= 11 is 0. The minimum absolute atomic E-state index is 0.0655. The summed E-state index contributed by atoms with van der Waals surface area (Å²) in [5.41, 5.74) is -0.263. The zero-order chi connectivity index (χ0) is 17.2. The molecular weight excluding hydrogens is 309 g/mol. The molecule has 130 valence electrons. The van der Waals surface area contributed by atoms with E-state index in [0.29, 0.717) is 51.3 Å². The Morgan fingerprint density at radius 3 is 2.42 bits per heavy atom. The monoisotopic (exact) mass is 333 g/mol. The minimum atomic E-state index is -0.838. The Balaban J connectivity index is 1.60. The molecule has 1 heterocycles. The van der Waals surface area contributed by atoms with Gasteiger partial charge in [0.2, 0.25) is 11.8 Å². The normalized spacial score (nSPS) is 19.1. The quantitative estimate of drug-likeness (QED) is 0.836. The number of para-hydroxylation sites is 1. The van der Waals surface area contributed by atoms with E-state index in [9.17, 15) is 14.0 Å². The van der Waals surface area contributed by atoms with Gasteiger partial charge < -0.3 is 15.1 Å². The number of amides is 2. The van der Waals surface area contributed by atoms with Crippen molar-refractivity contribution in [2.45, 2.75) is 26.2 Å². The maximum absolute atomic E-state index is 13.9. The van der Waals surface area contributed by atoms with Crippen LogP contribution in [0.15, 0.2) is 24.3 Å². The van der Waals surface area contributed by atoms with E-state index in [-0.39, 0.29) is 17.6 Å². The maximum Gasteiger partial charge on any atom is 0.238 e. The van der Waals surface area contributed by atoms with Gasteiger partial charge in [-0.3, -0.25) is 9.59 Å². The summed E-state index contributed by atoms with van der Waals surface area (Å²) in [4.78, 5) is 28.8. The van der Waals surface area contributed by atoms with Crippen LogP contribution in [0.1, 0.15) is 26.2 Å². The van der Waals surface area contributed by atoms with Crippen molar-refractivity contribution in [2.75, 3.05) is 37.6 Å². The Morgan fingerprint density at radius 2 is 1.83 bits per heavy atom. The highest BCUT2D eigenvalue weighted by Crippen LogP contribution is 2.47. The van der Waals surface area contributed by atoms with Crippen molar-refractivity contribution in [1.29, 1.82) is 0 Å². The lowest BCUT2D eigenvalue weighted by Gasteiger charge is -2.37. The molecule has 0 bridgehead atoms. The first-order valence-corrected chi connectivity index (χ1v) is 8.65. The minimum Gasteiger partial charge on any atom is -0.366 e. The van der Waals surface area contributed by atoms with Gasteiger partial charge in [-0.15, -0.1) is 0 Å². The molecule has 1 saturated heterocycles. The number of carbonyl (C=O) groups excluding carboxylic acids is 2. The second kappa shape index (κ2) is 6.79. The molecule has 0 spiro atoms. The summed E-state index contributed by atoms with van der Waals surface area (Å²) in [6, 6.07) is 6.69. The largest absolute Gasteiger partial charge is 0.366 e. The Hall–Kier alpha value is -2.11. The number of piperazine rings is 1. The third-order valence-corrected chi connectivity index (χ3v) is 4.89. The highest BCUT2D eigenvalue weighted by Gasteiger charge is 2.57. The summed E-state index contributed by atoms with van der Waals surface area (Å²) in [5.74, 6) is -0.440. The fourth-order valence-corrected chi connectivity index (χ4v) is 3.23. The van der Waals surface area contributed by atoms with Crippen molar-refractivity contribution in [2.24, 2.45) is 5.41 Å². The van der Waals surface area contributed by atoms with Crippen molar-refractivity contribution in [3.8, 4) is 0 Å². The second-order valence-corrected chi connectivity index (χ2v) is 6.57. The average molecular weight is 333 g/mol. The van der Waals surface area contributed by atoms with Crippen molar-refractivity contribution in [1.82, 2.24) is 10.2 Å². The number of benzene rings is 1. The number of hydrogen-bond donors (Lipinski definition) is 1. The lowest BCUT2D eigenvalue weighted by molar-refractivity contribution is -0.144. The molecule has 0 unspecified atom stereocenters. The van der Waals surface area contributed by atoms with Crippen molar-refractivity contribution in [3.63, 3.8) is 0 Å². The molecule has 6 heteroatoms. The number of anilines is 1. The highest BCUT2D eigenvalue weighted by molar-refractivity contribution is 6.07. The van der Waals surface area contributed by atoms with Crippen LogP contribution < -0.4 is 10.2 Å². The van der Waals surface area contributed by atoms with Crippen LogP contribution in [-0.2, 0) is 9.59 Å². The van der Waals surface area contributed by atoms with Gasteiger partial charge in [-0.2, -0.15) is 0 Å². The molecule has 1 aromatic rings. The van der Waals surface area contributed by atoms with Gasteiger partial charge in [0.05, 0.1) is 5.69 Å². The van der Waals surface area contributed by atoms with Gasteiger partial charge >= 0.3 is 0 Å². The third kappa shape index (κ3) is 3.09. The molecule has 1 saturated carbocycles. The van der Waals surface area contributed by atoms with Gasteiger partial charge in [0.25, 0.3) is 0 Å². The van der Waals surface area contributed by atoms with Crippen molar-refractivity contribution < 1.29 is 14.0 Å². The molecule has 1 aliphatic heterocycles. The molecule has 24 heavy (non-hydrogen) atoms. The summed E-state index contributed by atoms with van der Waals surface area (Å²) in [5, 5.41) is 2.85. The first-order chi connectivity index (χ1) is 11.6. The van der Waals surface area contributed by atoms with E-state index in [2.05, 4.69) is 5.32 Å².